The van der Waals surface area contributed by atoms with Crippen molar-refractivity contribution in [3.63, 3.8) is 0 Å². The Hall–Kier alpha value is -1.31. The molecule has 2 saturated carbocycles. The molecule has 1 aromatic rings. The van der Waals surface area contributed by atoms with Gasteiger partial charge in [0.25, 0.3) is 0 Å². The fraction of sp³-hybridized carbons (Fsp3) is 0.704. The second kappa shape index (κ2) is 9.67. The van der Waals surface area contributed by atoms with Crippen LogP contribution in [0.15, 0.2) is 24.3 Å². The first-order chi connectivity index (χ1) is 14.2. The average Bonchev–Trinajstić information content (AvgIpc) is 2.74. The molecule has 2 heteroatoms. The van der Waals surface area contributed by atoms with Crippen molar-refractivity contribution in [2.75, 3.05) is 6.61 Å². The predicted octanol–water partition coefficient (Wildman–Crippen LogP) is 7.52. The molecule has 3 aliphatic carbocycles. The van der Waals surface area contributed by atoms with E-state index in [1.165, 1.54) is 63.4 Å². The van der Waals surface area contributed by atoms with E-state index in [0.717, 1.165) is 42.1 Å². The molecule has 0 heterocycles. The quantitative estimate of drug-likeness (QED) is 0.450. The van der Waals surface area contributed by atoms with Crippen LogP contribution in [0, 0.1) is 35.4 Å². The first kappa shape index (κ1) is 20.9. The first-order valence-electron chi connectivity index (χ1n) is 12.2. The van der Waals surface area contributed by atoms with Crippen molar-refractivity contribution in [3.8, 4) is 5.75 Å². The molecule has 0 N–H and O–H groups in total. The largest absolute Gasteiger partial charge is 0.489 e. The lowest BCUT2D eigenvalue weighted by molar-refractivity contribution is 0.0692. The molecule has 4 rings (SSSR count). The Labute approximate surface area is 177 Å². The zero-order valence-electron chi connectivity index (χ0n) is 18.5. The smallest absolute Gasteiger partial charge is 0.130 e. The summed E-state index contributed by atoms with van der Waals surface area (Å²) in [5.41, 5.74) is 2.17. The zero-order chi connectivity index (χ0) is 20.2. The molecule has 0 spiro atoms. The molecule has 0 amide bonds. The van der Waals surface area contributed by atoms with Crippen LogP contribution in [0.5, 0.6) is 5.75 Å². The van der Waals surface area contributed by atoms with Crippen LogP contribution in [0.4, 0.5) is 4.39 Å². The van der Waals surface area contributed by atoms with Gasteiger partial charge in [0.1, 0.15) is 18.2 Å². The number of hydrogen-bond acceptors (Lipinski definition) is 1. The highest BCUT2D eigenvalue weighted by Crippen LogP contribution is 2.49. The van der Waals surface area contributed by atoms with Gasteiger partial charge in [0.05, 0.1) is 0 Å². The van der Waals surface area contributed by atoms with Crippen LogP contribution in [0.1, 0.15) is 82.8 Å². The van der Waals surface area contributed by atoms with E-state index in [1.807, 2.05) is 19.1 Å². The van der Waals surface area contributed by atoms with Gasteiger partial charge in [-0.25, -0.2) is 4.39 Å². The Bertz CT molecular complexity index is 709. The van der Waals surface area contributed by atoms with Gasteiger partial charge in [0, 0.05) is 6.07 Å². The normalized spacial score (nSPS) is 32.0. The zero-order valence-corrected chi connectivity index (χ0v) is 18.5. The molecule has 5 unspecified atom stereocenters. The monoisotopic (exact) mass is 398 g/mol. The van der Waals surface area contributed by atoms with Crippen LogP contribution in [0.2, 0.25) is 0 Å². The maximum atomic E-state index is 14.9. The van der Waals surface area contributed by atoms with Gasteiger partial charge in [-0.3, -0.25) is 0 Å². The van der Waals surface area contributed by atoms with Gasteiger partial charge in [-0.15, -0.1) is 0 Å². The lowest BCUT2D eigenvalue weighted by Crippen LogP contribution is -2.35. The minimum Gasteiger partial charge on any atom is -0.489 e. The molecule has 1 aromatic carbocycles. The molecular weight excluding hydrogens is 359 g/mol. The summed E-state index contributed by atoms with van der Waals surface area (Å²) in [7, 11) is 0. The Morgan fingerprint density at radius 3 is 2.55 bits per heavy atom. The number of benzene rings is 1. The molecule has 29 heavy (non-hydrogen) atoms. The summed E-state index contributed by atoms with van der Waals surface area (Å²) in [5, 5.41) is 0. The highest BCUT2D eigenvalue weighted by atomic mass is 19.1. The standard InChI is InChI=1S/C27H39FO/c1-3-5-13-29-25-16-24-12-11-23(17-26(24)27(28)18-25)22-10-9-20-14-19(6-4-2)7-8-21(20)15-22/h3,5,16,18-23H,4,6-15,17H2,1-2H3/b5-3+. The topological polar surface area (TPSA) is 9.23 Å². The van der Waals surface area contributed by atoms with Gasteiger partial charge in [0.2, 0.25) is 0 Å². The third-order valence-electron chi connectivity index (χ3n) is 8.22. The van der Waals surface area contributed by atoms with Crippen LogP contribution < -0.4 is 4.74 Å². The third-order valence-corrected chi connectivity index (χ3v) is 8.22. The highest BCUT2D eigenvalue weighted by molar-refractivity contribution is 5.39. The number of ether oxygens (including phenoxy) is 1. The molecule has 3 aliphatic rings. The summed E-state index contributed by atoms with van der Waals surface area (Å²) in [6, 6.07) is 3.70. The summed E-state index contributed by atoms with van der Waals surface area (Å²) in [5.74, 6) is 5.08. The minimum atomic E-state index is -0.0450. The van der Waals surface area contributed by atoms with E-state index in [-0.39, 0.29) is 5.82 Å². The average molecular weight is 399 g/mol. The molecule has 160 valence electrons. The van der Waals surface area contributed by atoms with Crippen LogP contribution in [0.25, 0.3) is 0 Å². The van der Waals surface area contributed by atoms with E-state index in [2.05, 4.69) is 13.0 Å². The molecule has 0 radical (unpaired) electrons. The second-order valence-electron chi connectivity index (χ2n) is 9.99. The predicted molar refractivity (Wildman–Crippen MR) is 119 cm³/mol. The molecule has 1 nitrogen and oxygen atoms in total. The number of fused-ring (bicyclic) bond motifs is 2. The fourth-order valence-electron chi connectivity index (χ4n) is 6.67. The summed E-state index contributed by atoms with van der Waals surface area (Å²) in [6.07, 6.45) is 18.5. The molecular formula is C27H39FO. The summed E-state index contributed by atoms with van der Waals surface area (Å²) in [4.78, 5) is 0. The molecule has 2 fully saturated rings. The van der Waals surface area contributed by atoms with Crippen molar-refractivity contribution in [3.05, 3.63) is 41.2 Å². The van der Waals surface area contributed by atoms with Gasteiger partial charge >= 0.3 is 0 Å². The lowest BCUT2D eigenvalue weighted by atomic mass is 9.61. The number of aryl methyl sites for hydroxylation is 1. The number of halogens is 1. The van der Waals surface area contributed by atoms with Crippen LogP contribution in [-0.4, -0.2) is 6.61 Å². The van der Waals surface area contributed by atoms with Crippen LogP contribution >= 0.6 is 0 Å². The SMILES string of the molecule is C/C=C/COc1cc(F)c2c(c1)CCC(C1CCC3CC(CCC)CCC3C1)C2. The van der Waals surface area contributed by atoms with Gasteiger partial charge in [-0.1, -0.05) is 38.3 Å². The van der Waals surface area contributed by atoms with Gasteiger partial charge in [-0.05, 0) is 105 Å². The van der Waals surface area contributed by atoms with Gasteiger partial charge in [-0.2, -0.15) is 0 Å². The van der Waals surface area contributed by atoms with Crippen molar-refractivity contribution in [1.82, 2.24) is 0 Å². The van der Waals surface area contributed by atoms with Crippen molar-refractivity contribution in [2.45, 2.75) is 84.5 Å². The third kappa shape index (κ3) is 4.89. The summed E-state index contributed by atoms with van der Waals surface area (Å²) in [6.45, 7) is 4.82. The Morgan fingerprint density at radius 1 is 1.00 bits per heavy atom. The maximum Gasteiger partial charge on any atom is 0.130 e. The van der Waals surface area contributed by atoms with E-state index in [0.29, 0.717) is 18.3 Å². The van der Waals surface area contributed by atoms with Gasteiger partial charge < -0.3 is 4.74 Å². The number of rotatable bonds is 6. The Kier molecular flexibility index (Phi) is 6.98. The van der Waals surface area contributed by atoms with Gasteiger partial charge in [0.15, 0.2) is 0 Å². The lowest BCUT2D eigenvalue weighted by Gasteiger charge is -2.45. The molecule has 0 aromatic heterocycles. The van der Waals surface area contributed by atoms with E-state index in [4.69, 9.17) is 4.74 Å². The van der Waals surface area contributed by atoms with E-state index in [9.17, 15) is 4.39 Å². The maximum absolute atomic E-state index is 14.9. The van der Waals surface area contributed by atoms with Crippen LogP contribution in [-0.2, 0) is 12.8 Å². The molecule has 0 aliphatic heterocycles. The Morgan fingerprint density at radius 2 is 1.76 bits per heavy atom. The van der Waals surface area contributed by atoms with E-state index >= 15 is 0 Å². The minimum absolute atomic E-state index is 0.0450. The van der Waals surface area contributed by atoms with Crippen molar-refractivity contribution >= 4 is 0 Å². The van der Waals surface area contributed by atoms with E-state index in [1.54, 1.807) is 6.07 Å². The highest BCUT2D eigenvalue weighted by Gasteiger charge is 2.38. The Balaban J connectivity index is 1.37. The summed E-state index contributed by atoms with van der Waals surface area (Å²) < 4.78 is 20.6. The molecule has 0 bridgehead atoms. The van der Waals surface area contributed by atoms with Crippen LogP contribution in [0.3, 0.4) is 0 Å². The second-order valence-corrected chi connectivity index (χ2v) is 9.99. The molecule has 5 atom stereocenters. The number of hydrogen-bond donors (Lipinski definition) is 0. The fourth-order valence-corrected chi connectivity index (χ4v) is 6.67. The summed E-state index contributed by atoms with van der Waals surface area (Å²) >= 11 is 0. The van der Waals surface area contributed by atoms with E-state index < -0.39 is 0 Å². The van der Waals surface area contributed by atoms with Crippen molar-refractivity contribution in [1.29, 1.82) is 0 Å². The first-order valence-corrected chi connectivity index (χ1v) is 12.2. The molecule has 0 saturated heterocycles. The van der Waals surface area contributed by atoms with Crippen molar-refractivity contribution < 1.29 is 9.13 Å². The number of allylic oxidation sites excluding steroid dienone is 1. The van der Waals surface area contributed by atoms with Crippen molar-refractivity contribution in [2.24, 2.45) is 29.6 Å².